The average Bonchev–Trinajstić information content (AvgIpc) is 2.92. The average molecular weight is 430 g/mol. The van der Waals surface area contributed by atoms with E-state index in [2.05, 4.69) is 0 Å². The highest BCUT2D eigenvalue weighted by molar-refractivity contribution is 8.04. The van der Waals surface area contributed by atoms with Crippen molar-refractivity contribution in [1.82, 2.24) is 0 Å². The topological polar surface area (TPSA) is 46.6 Å². The molecule has 2 aromatic rings. The van der Waals surface area contributed by atoms with Gasteiger partial charge in [0.25, 0.3) is 11.8 Å². The van der Waals surface area contributed by atoms with E-state index in [0.717, 1.165) is 17.7 Å². The van der Waals surface area contributed by atoms with E-state index in [9.17, 15) is 9.59 Å². The highest BCUT2D eigenvalue weighted by Crippen LogP contribution is 2.41. The number of amides is 2. The number of anilines is 1. The maximum atomic E-state index is 13.4. The highest BCUT2D eigenvalue weighted by atomic mass is 35.5. The molecule has 1 aliphatic rings. The normalized spacial score (nSPS) is 14.3. The van der Waals surface area contributed by atoms with Gasteiger partial charge in [0.15, 0.2) is 0 Å². The van der Waals surface area contributed by atoms with E-state index in [1.165, 1.54) is 16.7 Å². The molecule has 4 nitrogen and oxygen atoms in total. The Morgan fingerprint density at radius 2 is 1.76 bits per heavy atom. The third-order valence-corrected chi connectivity index (χ3v) is 5.74. The number of nitrogens with zero attached hydrogens (tertiary/aromatic N) is 1. The SMILES string of the molecule is CCCOc1ccc(C2=C(SC(C)C)C(=O)N(c3cc(Cl)ccc3C)C2=O)cc1. The lowest BCUT2D eigenvalue weighted by atomic mass is 10.1. The predicted octanol–water partition coefficient (Wildman–Crippen LogP) is 5.86. The molecule has 6 heteroatoms. The molecule has 2 amide bonds. The van der Waals surface area contributed by atoms with Gasteiger partial charge in [0.2, 0.25) is 0 Å². The summed E-state index contributed by atoms with van der Waals surface area (Å²) in [6, 6.07) is 12.6. The zero-order valence-electron chi connectivity index (χ0n) is 17.0. The van der Waals surface area contributed by atoms with E-state index in [1.807, 2.05) is 58.0 Å². The summed E-state index contributed by atoms with van der Waals surface area (Å²) in [7, 11) is 0. The lowest BCUT2D eigenvalue weighted by molar-refractivity contribution is -0.119. The predicted molar refractivity (Wildman–Crippen MR) is 121 cm³/mol. The number of hydrogen-bond donors (Lipinski definition) is 0. The van der Waals surface area contributed by atoms with Gasteiger partial charge in [-0.25, -0.2) is 4.90 Å². The monoisotopic (exact) mass is 429 g/mol. The first kappa shape index (κ1) is 21.5. The summed E-state index contributed by atoms with van der Waals surface area (Å²) in [5, 5.41) is 0.638. The van der Waals surface area contributed by atoms with Gasteiger partial charge in [-0.1, -0.05) is 50.6 Å². The Morgan fingerprint density at radius 3 is 2.38 bits per heavy atom. The van der Waals surface area contributed by atoms with E-state index in [4.69, 9.17) is 16.3 Å². The Hall–Kier alpha value is -2.24. The van der Waals surface area contributed by atoms with Crippen LogP contribution in [0.25, 0.3) is 5.57 Å². The van der Waals surface area contributed by atoms with Gasteiger partial charge in [-0.05, 0) is 48.7 Å². The molecule has 0 N–H and O–H groups in total. The molecule has 0 saturated heterocycles. The van der Waals surface area contributed by atoms with E-state index in [0.29, 0.717) is 33.4 Å². The summed E-state index contributed by atoms with van der Waals surface area (Å²) in [5.74, 6) is 0.111. The van der Waals surface area contributed by atoms with E-state index >= 15 is 0 Å². The first-order valence-electron chi connectivity index (χ1n) is 9.62. The second-order valence-corrected chi connectivity index (χ2v) is 9.14. The second kappa shape index (κ2) is 9.06. The quantitative estimate of drug-likeness (QED) is 0.517. The maximum Gasteiger partial charge on any atom is 0.272 e. The van der Waals surface area contributed by atoms with E-state index in [-0.39, 0.29) is 17.1 Å². The van der Waals surface area contributed by atoms with Crippen molar-refractivity contribution in [3.05, 3.63) is 63.5 Å². The zero-order valence-corrected chi connectivity index (χ0v) is 18.6. The molecule has 152 valence electrons. The number of thioether (sulfide) groups is 1. The van der Waals surface area contributed by atoms with Gasteiger partial charge in [0, 0.05) is 10.3 Å². The van der Waals surface area contributed by atoms with Crippen molar-refractivity contribution in [3.8, 4) is 5.75 Å². The molecular formula is C23H24ClNO3S. The Labute approximate surface area is 180 Å². The first-order chi connectivity index (χ1) is 13.8. The van der Waals surface area contributed by atoms with Crippen molar-refractivity contribution in [3.63, 3.8) is 0 Å². The number of halogens is 1. The Bertz CT molecular complexity index is 967. The standard InChI is InChI=1S/C23H24ClNO3S/c1-5-12-28-18-10-7-16(8-11-18)20-21(29-14(2)3)23(27)25(22(20)26)19-13-17(24)9-6-15(19)4/h6-11,13-14H,5,12H2,1-4H3. The highest BCUT2D eigenvalue weighted by Gasteiger charge is 2.41. The van der Waals surface area contributed by atoms with Gasteiger partial charge >= 0.3 is 0 Å². The van der Waals surface area contributed by atoms with E-state index < -0.39 is 0 Å². The van der Waals surface area contributed by atoms with Crippen molar-refractivity contribution in [2.75, 3.05) is 11.5 Å². The fourth-order valence-electron chi connectivity index (χ4n) is 3.09. The molecular weight excluding hydrogens is 406 g/mol. The molecule has 0 saturated carbocycles. The summed E-state index contributed by atoms with van der Waals surface area (Å²) in [6.07, 6.45) is 0.920. The minimum atomic E-state index is -0.328. The molecule has 29 heavy (non-hydrogen) atoms. The van der Waals surface area contributed by atoms with Crippen LogP contribution in [0.15, 0.2) is 47.4 Å². The number of benzene rings is 2. The molecule has 3 rings (SSSR count). The van der Waals surface area contributed by atoms with Crippen molar-refractivity contribution >= 4 is 46.4 Å². The van der Waals surface area contributed by atoms with Crippen LogP contribution in [0.4, 0.5) is 5.69 Å². The maximum absolute atomic E-state index is 13.4. The third-order valence-electron chi connectivity index (χ3n) is 4.42. The molecule has 0 bridgehead atoms. The van der Waals surface area contributed by atoms with Gasteiger partial charge in [-0.2, -0.15) is 0 Å². The van der Waals surface area contributed by atoms with Crippen LogP contribution in [0.3, 0.4) is 0 Å². The number of rotatable bonds is 7. The van der Waals surface area contributed by atoms with Crippen molar-refractivity contribution in [2.24, 2.45) is 0 Å². The minimum Gasteiger partial charge on any atom is -0.494 e. The number of imide groups is 1. The van der Waals surface area contributed by atoms with Crippen molar-refractivity contribution < 1.29 is 14.3 Å². The van der Waals surface area contributed by atoms with Crippen LogP contribution in [0.1, 0.15) is 38.3 Å². The summed E-state index contributed by atoms with van der Waals surface area (Å²) in [4.78, 5) is 28.4. The summed E-state index contributed by atoms with van der Waals surface area (Å²) in [5.41, 5.74) is 2.47. The molecule has 0 spiro atoms. The lowest BCUT2D eigenvalue weighted by Crippen LogP contribution is -2.32. The number of carbonyl (C=O) groups excluding carboxylic acids is 2. The Morgan fingerprint density at radius 1 is 1.07 bits per heavy atom. The van der Waals surface area contributed by atoms with Gasteiger partial charge in [0.05, 0.1) is 22.8 Å². The molecule has 0 atom stereocenters. The Balaban J connectivity index is 2.04. The van der Waals surface area contributed by atoms with Crippen LogP contribution < -0.4 is 9.64 Å². The summed E-state index contributed by atoms with van der Waals surface area (Å²) in [6.45, 7) is 8.54. The first-order valence-corrected chi connectivity index (χ1v) is 10.9. The van der Waals surface area contributed by atoms with Crippen LogP contribution in [0.2, 0.25) is 5.02 Å². The molecule has 1 aliphatic heterocycles. The zero-order chi connectivity index (χ0) is 21.1. The molecule has 1 heterocycles. The van der Waals surface area contributed by atoms with Crippen LogP contribution >= 0.6 is 23.4 Å². The van der Waals surface area contributed by atoms with Crippen LogP contribution in [-0.2, 0) is 9.59 Å². The largest absolute Gasteiger partial charge is 0.494 e. The fourth-order valence-corrected chi connectivity index (χ4v) is 4.24. The molecule has 0 radical (unpaired) electrons. The number of hydrogen-bond acceptors (Lipinski definition) is 4. The number of ether oxygens (including phenoxy) is 1. The third kappa shape index (κ3) is 4.51. The van der Waals surface area contributed by atoms with Crippen molar-refractivity contribution in [2.45, 2.75) is 39.4 Å². The Kier molecular flexibility index (Phi) is 6.70. The van der Waals surface area contributed by atoms with Crippen molar-refractivity contribution in [1.29, 1.82) is 0 Å². The minimum absolute atomic E-state index is 0.157. The van der Waals surface area contributed by atoms with Gasteiger partial charge in [-0.3, -0.25) is 9.59 Å². The van der Waals surface area contributed by atoms with Crippen LogP contribution in [0.5, 0.6) is 5.75 Å². The van der Waals surface area contributed by atoms with Gasteiger partial charge in [0.1, 0.15) is 5.75 Å². The second-order valence-electron chi connectivity index (χ2n) is 7.12. The molecule has 0 fully saturated rings. The molecule has 0 aliphatic carbocycles. The summed E-state index contributed by atoms with van der Waals surface area (Å²) >= 11 is 7.55. The van der Waals surface area contributed by atoms with E-state index in [1.54, 1.807) is 12.1 Å². The van der Waals surface area contributed by atoms with Gasteiger partial charge in [-0.15, -0.1) is 11.8 Å². The number of carbonyl (C=O) groups is 2. The number of aryl methyl sites for hydroxylation is 1. The molecule has 0 unspecified atom stereocenters. The molecule has 0 aromatic heterocycles. The fraction of sp³-hybridized carbons (Fsp3) is 0.304. The van der Waals surface area contributed by atoms with Gasteiger partial charge < -0.3 is 4.74 Å². The smallest absolute Gasteiger partial charge is 0.272 e. The summed E-state index contributed by atoms with van der Waals surface area (Å²) < 4.78 is 5.63. The molecule has 2 aromatic carbocycles. The van der Waals surface area contributed by atoms with Crippen LogP contribution in [0, 0.1) is 6.92 Å². The lowest BCUT2D eigenvalue weighted by Gasteiger charge is -2.18. The van der Waals surface area contributed by atoms with Crippen LogP contribution in [-0.4, -0.2) is 23.7 Å².